The standard InChI is InChI=1S/C10H7F5N2O2/c1-18-7-4-6(8(11)12)5(2-3-16)9(17-7)19-10(13,14)15/h4,8H,2H2,1H3. The fourth-order valence-electron chi connectivity index (χ4n) is 1.29. The van der Waals surface area contributed by atoms with Gasteiger partial charge in [-0.15, -0.1) is 13.2 Å². The lowest BCUT2D eigenvalue weighted by molar-refractivity contribution is -0.276. The molecular weight excluding hydrogens is 275 g/mol. The van der Waals surface area contributed by atoms with Gasteiger partial charge in [-0.05, 0) is 0 Å². The van der Waals surface area contributed by atoms with E-state index in [9.17, 15) is 22.0 Å². The molecule has 0 aliphatic rings. The van der Waals surface area contributed by atoms with Gasteiger partial charge in [0.1, 0.15) is 0 Å². The maximum atomic E-state index is 12.8. The van der Waals surface area contributed by atoms with Gasteiger partial charge in [-0.2, -0.15) is 10.2 Å². The number of aromatic nitrogens is 1. The number of nitriles is 1. The van der Waals surface area contributed by atoms with Crippen molar-refractivity contribution in [3.63, 3.8) is 0 Å². The van der Waals surface area contributed by atoms with Crippen molar-refractivity contribution < 1.29 is 31.4 Å². The van der Waals surface area contributed by atoms with Crippen LogP contribution in [0.4, 0.5) is 22.0 Å². The van der Waals surface area contributed by atoms with Gasteiger partial charge >= 0.3 is 6.36 Å². The number of alkyl halides is 5. The van der Waals surface area contributed by atoms with Crippen molar-refractivity contribution in [3.8, 4) is 17.8 Å². The minimum atomic E-state index is -5.11. The minimum Gasteiger partial charge on any atom is -0.481 e. The van der Waals surface area contributed by atoms with Crippen molar-refractivity contribution in [1.82, 2.24) is 4.98 Å². The number of ether oxygens (including phenoxy) is 2. The van der Waals surface area contributed by atoms with E-state index in [0.29, 0.717) is 0 Å². The molecule has 1 rings (SSSR count). The first kappa shape index (κ1) is 14.9. The zero-order valence-electron chi connectivity index (χ0n) is 9.46. The van der Waals surface area contributed by atoms with E-state index >= 15 is 0 Å². The van der Waals surface area contributed by atoms with Crippen LogP contribution in [0.2, 0.25) is 0 Å². The molecule has 1 heterocycles. The van der Waals surface area contributed by atoms with Gasteiger partial charge in [-0.3, -0.25) is 0 Å². The quantitative estimate of drug-likeness (QED) is 0.797. The summed E-state index contributed by atoms with van der Waals surface area (Å²) in [5, 5.41) is 8.48. The Hall–Kier alpha value is -2.11. The van der Waals surface area contributed by atoms with E-state index in [1.807, 2.05) is 0 Å². The molecule has 0 bridgehead atoms. The van der Waals surface area contributed by atoms with E-state index in [0.717, 1.165) is 13.2 Å². The summed E-state index contributed by atoms with van der Waals surface area (Å²) >= 11 is 0. The second kappa shape index (κ2) is 5.69. The molecule has 0 saturated heterocycles. The van der Waals surface area contributed by atoms with Crippen molar-refractivity contribution in [2.24, 2.45) is 0 Å². The monoisotopic (exact) mass is 282 g/mol. The van der Waals surface area contributed by atoms with Gasteiger partial charge in [0.2, 0.25) is 11.8 Å². The molecule has 0 unspecified atom stereocenters. The number of halogens is 5. The third-order valence-corrected chi connectivity index (χ3v) is 2.01. The Labute approximate surface area is 104 Å². The van der Waals surface area contributed by atoms with Crippen LogP contribution in [-0.2, 0) is 6.42 Å². The first-order valence-electron chi connectivity index (χ1n) is 4.77. The Kier molecular flexibility index (Phi) is 4.47. The number of rotatable bonds is 4. The summed E-state index contributed by atoms with van der Waals surface area (Å²) in [6, 6.07) is 2.25. The molecule has 0 aliphatic heterocycles. The van der Waals surface area contributed by atoms with Crippen LogP contribution in [0.25, 0.3) is 0 Å². The zero-order chi connectivity index (χ0) is 14.6. The van der Waals surface area contributed by atoms with Gasteiger partial charge in [0, 0.05) is 17.2 Å². The lowest BCUT2D eigenvalue weighted by Crippen LogP contribution is -2.20. The lowest BCUT2D eigenvalue weighted by atomic mass is 10.1. The van der Waals surface area contributed by atoms with Crippen molar-refractivity contribution in [3.05, 3.63) is 17.2 Å². The highest BCUT2D eigenvalue weighted by atomic mass is 19.4. The fourth-order valence-corrected chi connectivity index (χ4v) is 1.29. The number of nitrogens with zero attached hydrogens (tertiary/aromatic N) is 2. The molecule has 0 N–H and O–H groups in total. The second-order valence-corrected chi connectivity index (χ2v) is 3.22. The summed E-state index contributed by atoms with van der Waals surface area (Å²) in [5.41, 5.74) is -1.40. The lowest BCUT2D eigenvalue weighted by Gasteiger charge is -2.15. The van der Waals surface area contributed by atoms with Gasteiger partial charge < -0.3 is 9.47 Å². The smallest absolute Gasteiger partial charge is 0.481 e. The summed E-state index contributed by atoms with van der Waals surface area (Å²) in [5.74, 6) is -1.57. The molecule has 4 nitrogen and oxygen atoms in total. The molecule has 0 aromatic carbocycles. The summed E-state index contributed by atoms with van der Waals surface area (Å²) in [7, 11) is 1.05. The second-order valence-electron chi connectivity index (χ2n) is 3.22. The maximum absolute atomic E-state index is 12.8. The van der Waals surface area contributed by atoms with Gasteiger partial charge in [-0.1, -0.05) is 0 Å². The average Bonchev–Trinajstić information content (AvgIpc) is 2.29. The molecule has 1 aromatic heterocycles. The first-order valence-corrected chi connectivity index (χ1v) is 4.77. The summed E-state index contributed by atoms with van der Waals surface area (Å²) < 4.78 is 70.0. The van der Waals surface area contributed by atoms with Crippen LogP contribution in [-0.4, -0.2) is 18.5 Å². The molecule has 0 radical (unpaired) electrons. The molecule has 0 aliphatic carbocycles. The van der Waals surface area contributed by atoms with Crippen LogP contribution < -0.4 is 9.47 Å². The van der Waals surface area contributed by atoms with Crippen molar-refractivity contribution in [2.75, 3.05) is 7.11 Å². The van der Waals surface area contributed by atoms with E-state index < -0.39 is 42.1 Å². The van der Waals surface area contributed by atoms with E-state index in [4.69, 9.17) is 5.26 Å². The predicted octanol–water partition coefficient (Wildman–Crippen LogP) is 2.99. The Morgan fingerprint density at radius 2 is 2.05 bits per heavy atom. The Bertz CT molecular complexity index is 496. The highest BCUT2D eigenvalue weighted by molar-refractivity contribution is 5.41. The third-order valence-electron chi connectivity index (χ3n) is 2.01. The normalized spacial score (nSPS) is 11.3. The number of methoxy groups -OCH3 is 1. The van der Waals surface area contributed by atoms with Gasteiger partial charge in [0.15, 0.2) is 0 Å². The minimum absolute atomic E-state index is 0.462. The Morgan fingerprint density at radius 3 is 2.47 bits per heavy atom. The van der Waals surface area contributed by atoms with Crippen LogP contribution in [0, 0.1) is 11.3 Å². The van der Waals surface area contributed by atoms with Gasteiger partial charge in [0.05, 0.1) is 19.6 Å². The van der Waals surface area contributed by atoms with Crippen LogP contribution in [0.15, 0.2) is 6.07 Å². The summed E-state index contributed by atoms with van der Waals surface area (Å²) in [4.78, 5) is 3.29. The molecule has 9 heteroatoms. The predicted molar refractivity (Wildman–Crippen MR) is 51.7 cm³/mol. The Balaban J connectivity index is 3.39. The summed E-state index contributed by atoms with van der Waals surface area (Å²) in [6.07, 6.45) is -8.89. The molecule has 19 heavy (non-hydrogen) atoms. The number of pyridine rings is 1. The molecule has 104 valence electrons. The number of hydrogen-bond donors (Lipinski definition) is 0. The highest BCUT2D eigenvalue weighted by Gasteiger charge is 2.34. The van der Waals surface area contributed by atoms with Crippen molar-refractivity contribution in [2.45, 2.75) is 19.2 Å². The van der Waals surface area contributed by atoms with Crippen LogP contribution in [0.5, 0.6) is 11.8 Å². The van der Waals surface area contributed by atoms with Gasteiger partial charge in [0.25, 0.3) is 6.43 Å². The fraction of sp³-hybridized carbons (Fsp3) is 0.400. The summed E-state index contributed by atoms with van der Waals surface area (Å²) in [6.45, 7) is 0. The molecule has 0 amide bonds. The maximum Gasteiger partial charge on any atom is 0.574 e. The molecule has 0 spiro atoms. The SMILES string of the molecule is COc1cc(C(F)F)c(CC#N)c(OC(F)(F)F)n1. The van der Waals surface area contributed by atoms with Crippen LogP contribution in [0.1, 0.15) is 17.6 Å². The van der Waals surface area contributed by atoms with Gasteiger partial charge in [-0.25, -0.2) is 8.78 Å². The topological polar surface area (TPSA) is 55.1 Å². The average molecular weight is 282 g/mol. The largest absolute Gasteiger partial charge is 0.574 e. The van der Waals surface area contributed by atoms with Crippen molar-refractivity contribution >= 4 is 0 Å². The van der Waals surface area contributed by atoms with E-state index in [1.165, 1.54) is 6.07 Å². The van der Waals surface area contributed by atoms with E-state index in [2.05, 4.69) is 14.5 Å². The first-order chi connectivity index (χ1) is 8.78. The Morgan fingerprint density at radius 1 is 1.42 bits per heavy atom. The highest BCUT2D eigenvalue weighted by Crippen LogP contribution is 2.34. The number of hydrogen-bond acceptors (Lipinski definition) is 4. The van der Waals surface area contributed by atoms with Crippen molar-refractivity contribution in [1.29, 1.82) is 5.26 Å². The molecule has 0 fully saturated rings. The molecule has 0 saturated carbocycles. The molecule has 1 aromatic rings. The molecule has 0 atom stereocenters. The van der Waals surface area contributed by atoms with Crippen LogP contribution >= 0.6 is 0 Å². The zero-order valence-corrected chi connectivity index (χ0v) is 9.46. The molecular formula is C10H7F5N2O2. The van der Waals surface area contributed by atoms with Crippen LogP contribution in [0.3, 0.4) is 0 Å². The van der Waals surface area contributed by atoms with E-state index in [1.54, 1.807) is 0 Å². The van der Waals surface area contributed by atoms with E-state index in [-0.39, 0.29) is 0 Å². The third kappa shape index (κ3) is 3.94.